The smallest absolute Gasteiger partial charge is 0.00682 e. The molecule has 0 aliphatic heterocycles. The Morgan fingerprint density at radius 1 is 0.938 bits per heavy atom. The van der Waals surface area contributed by atoms with Gasteiger partial charge in [-0.25, -0.2) is 0 Å². The van der Waals surface area contributed by atoms with Gasteiger partial charge in [-0.05, 0) is 63.6 Å². The molecule has 16 heavy (non-hydrogen) atoms. The number of nitrogens with one attached hydrogen (secondary N) is 2. The van der Waals surface area contributed by atoms with Gasteiger partial charge in [-0.3, -0.25) is 0 Å². The van der Waals surface area contributed by atoms with E-state index in [1.54, 1.807) is 0 Å². The topological polar surface area (TPSA) is 24.1 Å². The third kappa shape index (κ3) is 4.84. The lowest BCUT2D eigenvalue weighted by molar-refractivity contribution is 0.282. The Kier molecular flexibility index (Phi) is 5.11. The van der Waals surface area contributed by atoms with E-state index in [2.05, 4.69) is 17.6 Å². The zero-order valence-corrected chi connectivity index (χ0v) is 10.8. The van der Waals surface area contributed by atoms with Crippen molar-refractivity contribution in [3.05, 3.63) is 0 Å². The van der Waals surface area contributed by atoms with Crippen LogP contribution in [0.3, 0.4) is 0 Å². The molecule has 0 amide bonds. The van der Waals surface area contributed by atoms with E-state index >= 15 is 0 Å². The Bertz CT molecular complexity index is 181. The summed E-state index contributed by atoms with van der Waals surface area (Å²) in [7, 11) is 0. The highest BCUT2D eigenvalue weighted by molar-refractivity contribution is 4.80. The van der Waals surface area contributed by atoms with Crippen molar-refractivity contribution in [3.8, 4) is 0 Å². The van der Waals surface area contributed by atoms with Crippen molar-refractivity contribution in [2.75, 3.05) is 19.6 Å². The van der Waals surface area contributed by atoms with Crippen molar-refractivity contribution in [1.29, 1.82) is 0 Å². The van der Waals surface area contributed by atoms with Crippen LogP contribution in [-0.2, 0) is 0 Å². The van der Waals surface area contributed by atoms with Crippen LogP contribution in [0.25, 0.3) is 0 Å². The summed E-state index contributed by atoms with van der Waals surface area (Å²) in [5, 5.41) is 7.18. The van der Waals surface area contributed by atoms with Gasteiger partial charge < -0.3 is 10.6 Å². The second-order valence-corrected chi connectivity index (χ2v) is 5.91. The van der Waals surface area contributed by atoms with E-state index in [1.807, 2.05) is 0 Å². The lowest BCUT2D eigenvalue weighted by Gasteiger charge is -2.26. The van der Waals surface area contributed by atoms with E-state index in [1.165, 1.54) is 64.6 Å². The van der Waals surface area contributed by atoms with Gasteiger partial charge in [0.05, 0.1) is 0 Å². The van der Waals surface area contributed by atoms with Gasteiger partial charge in [0.2, 0.25) is 0 Å². The number of hydrogen-bond acceptors (Lipinski definition) is 2. The molecule has 0 bridgehead atoms. The van der Waals surface area contributed by atoms with Gasteiger partial charge >= 0.3 is 0 Å². The summed E-state index contributed by atoms with van der Waals surface area (Å²) in [5.74, 6) is 1.95. The monoisotopic (exact) mass is 224 g/mol. The third-order valence-electron chi connectivity index (χ3n) is 4.11. The molecule has 0 radical (unpaired) electrons. The number of hydrogen-bond donors (Lipinski definition) is 2. The molecular formula is C14H28N2. The molecule has 0 aromatic rings. The van der Waals surface area contributed by atoms with Gasteiger partial charge in [0.1, 0.15) is 0 Å². The first-order valence-electron chi connectivity index (χ1n) is 7.28. The molecule has 94 valence electrons. The maximum absolute atomic E-state index is 3.62. The van der Waals surface area contributed by atoms with Crippen molar-refractivity contribution < 1.29 is 0 Å². The molecule has 2 aliphatic carbocycles. The summed E-state index contributed by atoms with van der Waals surface area (Å²) in [6.45, 7) is 6.06. The first-order valence-corrected chi connectivity index (χ1v) is 7.28. The molecule has 2 fully saturated rings. The Morgan fingerprint density at radius 3 is 2.38 bits per heavy atom. The fourth-order valence-electron chi connectivity index (χ4n) is 2.65. The molecule has 0 heterocycles. The van der Waals surface area contributed by atoms with E-state index in [-0.39, 0.29) is 0 Å². The molecule has 0 aromatic carbocycles. The van der Waals surface area contributed by atoms with Crippen LogP contribution in [-0.4, -0.2) is 25.7 Å². The van der Waals surface area contributed by atoms with Crippen LogP contribution < -0.4 is 10.6 Å². The fourth-order valence-corrected chi connectivity index (χ4v) is 2.65. The van der Waals surface area contributed by atoms with Crippen molar-refractivity contribution in [2.24, 2.45) is 11.8 Å². The van der Waals surface area contributed by atoms with Crippen LogP contribution in [0.15, 0.2) is 0 Å². The molecule has 2 aliphatic rings. The Balaban J connectivity index is 1.39. The van der Waals surface area contributed by atoms with Crippen LogP contribution in [0.5, 0.6) is 0 Å². The molecule has 0 spiro atoms. The first-order chi connectivity index (χ1) is 7.84. The van der Waals surface area contributed by atoms with E-state index < -0.39 is 0 Å². The minimum atomic E-state index is 0.875. The molecule has 0 atom stereocenters. The maximum atomic E-state index is 3.62. The Morgan fingerprint density at radius 2 is 1.69 bits per heavy atom. The molecule has 2 nitrogen and oxygen atoms in total. The molecule has 2 rings (SSSR count). The van der Waals surface area contributed by atoms with Crippen molar-refractivity contribution >= 4 is 0 Å². The minimum absolute atomic E-state index is 0.875. The van der Waals surface area contributed by atoms with Crippen LogP contribution in [0.2, 0.25) is 0 Å². The zero-order valence-electron chi connectivity index (χ0n) is 10.8. The highest BCUT2D eigenvalue weighted by Crippen LogP contribution is 2.27. The summed E-state index contributed by atoms with van der Waals surface area (Å²) in [6, 6.07) is 0.875. The second kappa shape index (κ2) is 6.61. The predicted molar refractivity (Wildman–Crippen MR) is 69.6 cm³/mol. The largest absolute Gasteiger partial charge is 0.316 e. The lowest BCUT2D eigenvalue weighted by atomic mass is 9.83. The first kappa shape index (κ1) is 12.4. The van der Waals surface area contributed by atoms with E-state index in [4.69, 9.17) is 0 Å². The molecule has 2 N–H and O–H groups in total. The van der Waals surface area contributed by atoms with E-state index in [0.29, 0.717) is 0 Å². The molecule has 2 saturated carbocycles. The predicted octanol–water partition coefficient (Wildman–Crippen LogP) is 2.54. The van der Waals surface area contributed by atoms with Gasteiger partial charge in [0.25, 0.3) is 0 Å². The van der Waals surface area contributed by atoms with Crippen molar-refractivity contribution in [1.82, 2.24) is 10.6 Å². The summed E-state index contributed by atoms with van der Waals surface area (Å²) in [5.41, 5.74) is 0. The van der Waals surface area contributed by atoms with Gasteiger partial charge in [0, 0.05) is 6.04 Å². The minimum Gasteiger partial charge on any atom is -0.316 e. The fraction of sp³-hybridized carbons (Fsp3) is 1.00. The Labute approximate surface area is 101 Å². The normalized spacial score (nSPS) is 30.6. The maximum Gasteiger partial charge on any atom is 0.00682 e. The van der Waals surface area contributed by atoms with Crippen LogP contribution >= 0.6 is 0 Å². The average Bonchev–Trinajstić information content (AvgIpc) is 3.10. The van der Waals surface area contributed by atoms with Crippen molar-refractivity contribution in [3.63, 3.8) is 0 Å². The summed E-state index contributed by atoms with van der Waals surface area (Å²) in [4.78, 5) is 0. The zero-order chi connectivity index (χ0) is 11.2. The molecular weight excluding hydrogens is 196 g/mol. The van der Waals surface area contributed by atoms with E-state index in [9.17, 15) is 0 Å². The average molecular weight is 224 g/mol. The molecule has 0 saturated heterocycles. The molecule has 0 aromatic heterocycles. The van der Waals surface area contributed by atoms with Crippen molar-refractivity contribution in [2.45, 2.75) is 57.9 Å². The third-order valence-corrected chi connectivity index (χ3v) is 4.11. The summed E-state index contributed by atoms with van der Waals surface area (Å²) < 4.78 is 0. The second-order valence-electron chi connectivity index (χ2n) is 5.91. The van der Waals surface area contributed by atoms with Gasteiger partial charge in [0.15, 0.2) is 0 Å². The van der Waals surface area contributed by atoms with Gasteiger partial charge in [-0.1, -0.05) is 19.8 Å². The van der Waals surface area contributed by atoms with Crippen LogP contribution in [0.1, 0.15) is 51.9 Å². The SMILES string of the molecule is CC1CCC(CNCCCNC2CC2)CC1. The Hall–Kier alpha value is -0.0800. The van der Waals surface area contributed by atoms with Crippen LogP contribution in [0, 0.1) is 11.8 Å². The van der Waals surface area contributed by atoms with Gasteiger partial charge in [-0.15, -0.1) is 0 Å². The summed E-state index contributed by atoms with van der Waals surface area (Å²) >= 11 is 0. The molecule has 0 unspecified atom stereocenters. The lowest BCUT2D eigenvalue weighted by Crippen LogP contribution is -2.28. The highest BCUT2D eigenvalue weighted by Gasteiger charge is 2.19. The quantitative estimate of drug-likeness (QED) is 0.649. The molecule has 2 heteroatoms. The summed E-state index contributed by atoms with van der Waals surface area (Å²) in [6.07, 6.45) is 9.93. The van der Waals surface area contributed by atoms with E-state index in [0.717, 1.165) is 17.9 Å². The van der Waals surface area contributed by atoms with Crippen LogP contribution in [0.4, 0.5) is 0 Å². The highest BCUT2D eigenvalue weighted by atomic mass is 14.9. The van der Waals surface area contributed by atoms with Gasteiger partial charge in [-0.2, -0.15) is 0 Å². The number of rotatable bonds is 7. The standard InChI is InChI=1S/C14H28N2/c1-12-3-5-13(6-4-12)11-15-9-2-10-16-14-7-8-14/h12-16H,2-11H2,1H3.